The lowest BCUT2D eigenvalue weighted by molar-refractivity contribution is -0.0229. The predicted molar refractivity (Wildman–Crippen MR) is 133 cm³/mol. The molecular formula is C26H30N6O2. The van der Waals surface area contributed by atoms with Crippen LogP contribution >= 0.6 is 0 Å². The van der Waals surface area contributed by atoms with E-state index in [0.29, 0.717) is 5.82 Å². The number of aryl methyl sites for hydroxylation is 1. The first-order valence-electron chi connectivity index (χ1n) is 12.1. The maximum Gasteiger partial charge on any atom is 0.147 e. The molecule has 176 valence electrons. The van der Waals surface area contributed by atoms with Crippen LogP contribution in [0.15, 0.2) is 48.9 Å². The number of aromatic nitrogens is 4. The van der Waals surface area contributed by atoms with Gasteiger partial charge in [-0.05, 0) is 55.5 Å². The van der Waals surface area contributed by atoms with E-state index in [0.717, 1.165) is 53.7 Å². The Morgan fingerprint density at radius 3 is 2.79 bits per heavy atom. The fourth-order valence-corrected chi connectivity index (χ4v) is 5.38. The van der Waals surface area contributed by atoms with Crippen molar-refractivity contribution in [1.29, 1.82) is 0 Å². The summed E-state index contributed by atoms with van der Waals surface area (Å²) in [5.41, 5.74) is 8.95. The van der Waals surface area contributed by atoms with Crippen molar-refractivity contribution >= 4 is 33.6 Å². The number of pyridine rings is 1. The van der Waals surface area contributed by atoms with Gasteiger partial charge in [0.2, 0.25) is 0 Å². The number of nitrogens with two attached hydrogens (primary N) is 1. The molecule has 34 heavy (non-hydrogen) atoms. The van der Waals surface area contributed by atoms with E-state index in [1.165, 1.54) is 24.7 Å². The summed E-state index contributed by atoms with van der Waals surface area (Å²) in [4.78, 5) is 15.7. The number of rotatable bonds is 5. The van der Waals surface area contributed by atoms with E-state index in [4.69, 9.17) is 15.5 Å². The number of aliphatic hydroxyl groups is 1. The first kappa shape index (κ1) is 21.3. The molecule has 3 N–H and O–H groups in total. The molecule has 0 aliphatic carbocycles. The summed E-state index contributed by atoms with van der Waals surface area (Å²) >= 11 is 0. The minimum atomic E-state index is -0.554. The molecule has 4 aromatic rings. The summed E-state index contributed by atoms with van der Waals surface area (Å²) in [7, 11) is 0. The molecule has 6 rings (SSSR count). The molecule has 8 nitrogen and oxygen atoms in total. The standard InChI is InChI=1S/C26H30N6O2/c1-16-23(33)21(34-26(16)32-13-10-19-24(27)28-15-29-25(19)32)8-5-17-4-6-18-7-9-22(30-20(18)14-17)31-11-2-3-12-31/h4,6-7,9-10,13-16,21,23,26,33H,2-3,5,8,11-12H2,1H3,(H2,27,28,29)/t16-,21-,23+,26-/m1/s1. The van der Waals surface area contributed by atoms with Gasteiger partial charge in [-0.25, -0.2) is 15.0 Å². The highest BCUT2D eigenvalue weighted by Crippen LogP contribution is 2.38. The molecule has 0 bridgehead atoms. The summed E-state index contributed by atoms with van der Waals surface area (Å²) < 4.78 is 8.32. The van der Waals surface area contributed by atoms with Crippen LogP contribution in [0.2, 0.25) is 0 Å². The molecule has 2 aliphatic heterocycles. The zero-order chi connectivity index (χ0) is 23.2. The van der Waals surface area contributed by atoms with Gasteiger partial charge in [0.15, 0.2) is 0 Å². The topological polar surface area (TPSA) is 102 Å². The van der Waals surface area contributed by atoms with Gasteiger partial charge in [-0.1, -0.05) is 19.1 Å². The zero-order valence-corrected chi connectivity index (χ0v) is 19.3. The molecule has 1 aromatic carbocycles. The second-order valence-electron chi connectivity index (χ2n) is 9.56. The van der Waals surface area contributed by atoms with Gasteiger partial charge in [0.05, 0.1) is 23.1 Å². The van der Waals surface area contributed by atoms with Crippen molar-refractivity contribution in [3.05, 3.63) is 54.5 Å². The Kier molecular flexibility index (Phi) is 5.34. The number of aliphatic hydroxyl groups excluding tert-OH is 1. The molecule has 0 unspecified atom stereocenters. The largest absolute Gasteiger partial charge is 0.390 e. The van der Waals surface area contributed by atoms with E-state index < -0.39 is 6.10 Å². The van der Waals surface area contributed by atoms with Crippen molar-refractivity contribution in [2.75, 3.05) is 23.7 Å². The quantitative estimate of drug-likeness (QED) is 0.470. The second kappa shape index (κ2) is 8.52. The van der Waals surface area contributed by atoms with Crippen LogP contribution < -0.4 is 10.6 Å². The number of nitrogens with zero attached hydrogens (tertiary/aromatic N) is 5. The lowest BCUT2D eigenvalue weighted by Gasteiger charge is -2.18. The van der Waals surface area contributed by atoms with Gasteiger partial charge in [0.25, 0.3) is 0 Å². The van der Waals surface area contributed by atoms with Crippen LogP contribution in [-0.4, -0.2) is 49.9 Å². The van der Waals surface area contributed by atoms with Crippen LogP contribution in [0, 0.1) is 5.92 Å². The van der Waals surface area contributed by atoms with E-state index >= 15 is 0 Å². The molecule has 5 heterocycles. The third kappa shape index (κ3) is 3.67. The monoisotopic (exact) mass is 458 g/mol. The van der Waals surface area contributed by atoms with Crippen molar-refractivity contribution in [3.8, 4) is 0 Å². The molecule has 0 saturated carbocycles. The SMILES string of the molecule is C[C@@H]1[C@H](O)[C@@H](CCc2ccc3ccc(N4CCCC4)nc3c2)O[C@H]1n1ccc2c(N)ncnc21. The molecule has 2 aliphatic rings. The minimum absolute atomic E-state index is 0.0712. The first-order valence-corrected chi connectivity index (χ1v) is 12.1. The Morgan fingerprint density at radius 1 is 1.12 bits per heavy atom. The van der Waals surface area contributed by atoms with Crippen LogP contribution in [0.3, 0.4) is 0 Å². The summed E-state index contributed by atoms with van der Waals surface area (Å²) in [6.07, 6.45) is 6.30. The Bertz CT molecular complexity index is 1330. The number of hydrogen-bond acceptors (Lipinski definition) is 7. The number of nitrogen functional groups attached to an aromatic ring is 1. The van der Waals surface area contributed by atoms with Gasteiger partial charge in [-0.15, -0.1) is 0 Å². The molecule has 8 heteroatoms. The van der Waals surface area contributed by atoms with Gasteiger partial charge in [-0.3, -0.25) is 0 Å². The maximum atomic E-state index is 10.9. The number of benzene rings is 1. The van der Waals surface area contributed by atoms with Gasteiger partial charge in [-0.2, -0.15) is 0 Å². The Morgan fingerprint density at radius 2 is 1.94 bits per heavy atom. The number of anilines is 2. The van der Waals surface area contributed by atoms with Crippen LogP contribution in [0.4, 0.5) is 11.6 Å². The van der Waals surface area contributed by atoms with Crippen molar-refractivity contribution in [3.63, 3.8) is 0 Å². The Labute approximate surface area is 198 Å². The van der Waals surface area contributed by atoms with Crippen molar-refractivity contribution in [1.82, 2.24) is 19.5 Å². The lowest BCUT2D eigenvalue weighted by atomic mass is 9.97. The van der Waals surface area contributed by atoms with E-state index in [1.807, 2.05) is 23.8 Å². The molecule has 0 amide bonds. The summed E-state index contributed by atoms with van der Waals surface area (Å²) in [5, 5.41) is 12.9. The van der Waals surface area contributed by atoms with Crippen molar-refractivity contribution < 1.29 is 9.84 Å². The van der Waals surface area contributed by atoms with Gasteiger partial charge < -0.3 is 25.0 Å². The number of hydrogen-bond donors (Lipinski definition) is 2. The van der Waals surface area contributed by atoms with Crippen molar-refractivity contribution in [2.45, 2.75) is 51.0 Å². The third-order valence-corrected chi connectivity index (χ3v) is 7.39. The van der Waals surface area contributed by atoms with Gasteiger partial charge in [0.1, 0.15) is 29.8 Å². The molecule has 3 aromatic heterocycles. The highest BCUT2D eigenvalue weighted by Gasteiger charge is 2.41. The fourth-order valence-electron chi connectivity index (χ4n) is 5.38. The molecule has 2 fully saturated rings. The van der Waals surface area contributed by atoms with Gasteiger partial charge >= 0.3 is 0 Å². The van der Waals surface area contributed by atoms with E-state index in [9.17, 15) is 5.11 Å². The Balaban J connectivity index is 1.18. The third-order valence-electron chi connectivity index (χ3n) is 7.39. The summed E-state index contributed by atoms with van der Waals surface area (Å²) in [5.74, 6) is 1.44. The fraction of sp³-hybridized carbons (Fsp3) is 0.423. The smallest absolute Gasteiger partial charge is 0.147 e. The average Bonchev–Trinajstić information content (AvgIpc) is 3.59. The first-order chi connectivity index (χ1) is 16.6. The van der Waals surface area contributed by atoms with Crippen LogP contribution in [-0.2, 0) is 11.2 Å². The average molecular weight is 459 g/mol. The molecule has 0 spiro atoms. The van der Waals surface area contributed by atoms with E-state index in [1.54, 1.807) is 0 Å². The van der Waals surface area contributed by atoms with Crippen LogP contribution in [0.1, 0.15) is 38.0 Å². The molecule has 2 saturated heterocycles. The maximum absolute atomic E-state index is 10.9. The number of fused-ring (bicyclic) bond motifs is 2. The van der Waals surface area contributed by atoms with Crippen molar-refractivity contribution in [2.24, 2.45) is 5.92 Å². The summed E-state index contributed by atoms with van der Waals surface area (Å²) in [6, 6.07) is 12.7. The molecule has 4 atom stereocenters. The minimum Gasteiger partial charge on any atom is -0.390 e. The Hall–Kier alpha value is -3.23. The predicted octanol–water partition coefficient (Wildman–Crippen LogP) is 3.69. The highest BCUT2D eigenvalue weighted by molar-refractivity contribution is 5.86. The molecule has 0 radical (unpaired) electrons. The lowest BCUT2D eigenvalue weighted by Crippen LogP contribution is -2.25. The van der Waals surface area contributed by atoms with E-state index in [-0.39, 0.29) is 18.2 Å². The van der Waals surface area contributed by atoms with E-state index in [2.05, 4.69) is 45.2 Å². The van der Waals surface area contributed by atoms with Crippen LogP contribution in [0.25, 0.3) is 21.9 Å². The normalized spacial score (nSPS) is 25.1. The highest BCUT2D eigenvalue weighted by atomic mass is 16.5. The zero-order valence-electron chi connectivity index (χ0n) is 19.3. The summed E-state index contributed by atoms with van der Waals surface area (Å²) in [6.45, 7) is 4.19. The molecular weight excluding hydrogens is 428 g/mol. The van der Waals surface area contributed by atoms with Crippen LogP contribution in [0.5, 0.6) is 0 Å². The second-order valence-corrected chi connectivity index (χ2v) is 9.56. The van der Waals surface area contributed by atoms with Gasteiger partial charge in [0, 0.05) is 30.6 Å². The number of ether oxygens (including phenoxy) is 1.